The number of fused-ring (bicyclic) bond motifs is 1. The van der Waals surface area contributed by atoms with E-state index >= 15 is 0 Å². The maximum Gasteiger partial charge on any atom is 0.164 e. The molecule has 4 aromatic rings. The van der Waals surface area contributed by atoms with Crippen LogP contribution in [0.2, 0.25) is 0 Å². The van der Waals surface area contributed by atoms with E-state index in [9.17, 15) is 0 Å². The van der Waals surface area contributed by atoms with Gasteiger partial charge in [0.05, 0.1) is 11.1 Å². The Morgan fingerprint density at radius 3 is 2.64 bits per heavy atom. The van der Waals surface area contributed by atoms with Crippen LogP contribution in [0.1, 0.15) is 0 Å². The lowest BCUT2D eigenvalue weighted by Crippen LogP contribution is -2.50. The van der Waals surface area contributed by atoms with E-state index in [1.165, 1.54) is 0 Å². The lowest BCUT2D eigenvalue weighted by Gasteiger charge is -2.40. The molecule has 4 aromatic heterocycles. The van der Waals surface area contributed by atoms with Crippen molar-refractivity contribution in [1.29, 1.82) is 0 Å². The Kier molecular flexibility index (Phi) is 4.21. The van der Waals surface area contributed by atoms with Gasteiger partial charge in [-0.15, -0.1) is 10.2 Å². The van der Waals surface area contributed by atoms with Crippen molar-refractivity contribution in [1.82, 2.24) is 30.1 Å². The molecule has 0 amide bonds. The number of aromatic nitrogens is 6. The summed E-state index contributed by atoms with van der Waals surface area (Å²) in [5.41, 5.74) is 2.58. The van der Waals surface area contributed by atoms with Crippen molar-refractivity contribution < 1.29 is 0 Å². The first-order chi connectivity index (χ1) is 13.9. The lowest BCUT2D eigenvalue weighted by atomic mass is 10.00. The van der Waals surface area contributed by atoms with E-state index in [1.54, 1.807) is 24.9 Å². The van der Waals surface area contributed by atoms with Crippen molar-refractivity contribution in [3.63, 3.8) is 0 Å². The third-order valence-electron chi connectivity index (χ3n) is 4.87. The number of hydrogen-bond donors (Lipinski definition) is 1. The van der Waals surface area contributed by atoms with Gasteiger partial charge in [0.25, 0.3) is 0 Å². The highest BCUT2D eigenvalue weighted by Gasteiger charge is 2.28. The van der Waals surface area contributed by atoms with E-state index in [2.05, 4.69) is 40.3 Å². The van der Waals surface area contributed by atoms with Crippen molar-refractivity contribution in [3.05, 3.63) is 61.3 Å². The molecule has 1 aliphatic heterocycles. The lowest BCUT2D eigenvalue weighted by molar-refractivity contribution is 0.425. The van der Waals surface area contributed by atoms with Crippen LogP contribution in [-0.4, -0.2) is 49.8 Å². The van der Waals surface area contributed by atoms with Gasteiger partial charge in [-0.2, -0.15) is 0 Å². The summed E-state index contributed by atoms with van der Waals surface area (Å²) >= 11 is 0. The largest absolute Gasteiger partial charge is 0.369 e. The fourth-order valence-electron chi connectivity index (χ4n) is 3.33. The summed E-state index contributed by atoms with van der Waals surface area (Å²) in [6.45, 7) is 2.73. The van der Waals surface area contributed by atoms with Crippen LogP contribution in [0, 0.1) is 5.92 Å². The van der Waals surface area contributed by atoms with Crippen LogP contribution < -0.4 is 10.2 Å². The van der Waals surface area contributed by atoms with Crippen LogP contribution in [0.15, 0.2) is 61.3 Å². The van der Waals surface area contributed by atoms with Gasteiger partial charge >= 0.3 is 0 Å². The van der Waals surface area contributed by atoms with E-state index in [-0.39, 0.29) is 0 Å². The third-order valence-corrected chi connectivity index (χ3v) is 4.87. The van der Waals surface area contributed by atoms with Gasteiger partial charge in [-0.1, -0.05) is 0 Å². The smallest absolute Gasteiger partial charge is 0.164 e. The Bertz CT molecular complexity index is 1070. The predicted molar refractivity (Wildman–Crippen MR) is 107 cm³/mol. The van der Waals surface area contributed by atoms with Crippen LogP contribution in [0.5, 0.6) is 0 Å². The molecule has 0 atom stereocenters. The van der Waals surface area contributed by atoms with Crippen LogP contribution in [-0.2, 0) is 0 Å². The van der Waals surface area contributed by atoms with Gasteiger partial charge < -0.3 is 10.2 Å². The summed E-state index contributed by atoms with van der Waals surface area (Å²) in [5.74, 6) is 2.27. The number of rotatable bonds is 5. The first-order valence-electron chi connectivity index (χ1n) is 9.15. The molecule has 5 rings (SSSR count). The second-order valence-corrected chi connectivity index (χ2v) is 6.76. The Labute approximate surface area is 161 Å². The molecule has 0 spiro atoms. The second-order valence-electron chi connectivity index (χ2n) is 6.76. The summed E-state index contributed by atoms with van der Waals surface area (Å²) in [7, 11) is 0. The van der Waals surface area contributed by atoms with Gasteiger partial charge in [0.2, 0.25) is 0 Å². The molecule has 1 saturated heterocycles. The summed E-state index contributed by atoms with van der Waals surface area (Å²) in [6.07, 6.45) is 6.80. The van der Waals surface area contributed by atoms with Crippen molar-refractivity contribution >= 4 is 22.7 Å². The standard InChI is InChI=1S/C20H18N8/c1-2-16-19(22-7-1)24-13-25-20(16)23-10-14-11-28(12-14)18-4-3-17(26-27-18)15-5-8-21-9-6-15/h1-9,13-14H,10-12H2,(H,22,23,24,25). The summed E-state index contributed by atoms with van der Waals surface area (Å²) in [4.78, 5) is 19.1. The van der Waals surface area contributed by atoms with Gasteiger partial charge in [0.1, 0.15) is 12.1 Å². The fraction of sp³-hybridized carbons (Fsp3) is 0.200. The first kappa shape index (κ1) is 16.5. The molecular weight excluding hydrogens is 352 g/mol. The number of hydrogen-bond acceptors (Lipinski definition) is 8. The molecular formula is C20H18N8. The van der Waals surface area contributed by atoms with Gasteiger partial charge in [-0.3, -0.25) is 4.98 Å². The maximum absolute atomic E-state index is 4.38. The molecule has 5 heterocycles. The number of pyridine rings is 2. The highest BCUT2D eigenvalue weighted by molar-refractivity contribution is 5.85. The minimum absolute atomic E-state index is 0.531. The number of nitrogens with zero attached hydrogens (tertiary/aromatic N) is 7. The minimum Gasteiger partial charge on any atom is -0.369 e. The SMILES string of the molecule is c1cnc2ncnc(NCC3CN(c4ccc(-c5ccncc5)nn4)C3)c2c1. The quantitative estimate of drug-likeness (QED) is 0.573. The molecule has 1 N–H and O–H groups in total. The highest BCUT2D eigenvalue weighted by atomic mass is 15.3. The highest BCUT2D eigenvalue weighted by Crippen LogP contribution is 2.25. The molecule has 8 heteroatoms. The third kappa shape index (κ3) is 3.20. The molecule has 0 saturated carbocycles. The predicted octanol–water partition coefficient (Wildman–Crippen LogP) is 2.43. The molecule has 0 radical (unpaired) electrons. The molecule has 0 unspecified atom stereocenters. The Morgan fingerprint density at radius 1 is 0.929 bits per heavy atom. The van der Waals surface area contributed by atoms with Gasteiger partial charge in [0, 0.05) is 49.7 Å². The second kappa shape index (κ2) is 7.15. The van der Waals surface area contributed by atoms with Gasteiger partial charge in [0.15, 0.2) is 11.5 Å². The van der Waals surface area contributed by atoms with Crippen LogP contribution in [0.4, 0.5) is 11.6 Å². The van der Waals surface area contributed by atoms with Gasteiger partial charge in [-0.25, -0.2) is 15.0 Å². The van der Waals surface area contributed by atoms with Crippen molar-refractivity contribution in [2.45, 2.75) is 0 Å². The maximum atomic E-state index is 4.38. The topological polar surface area (TPSA) is 92.6 Å². The normalized spacial score (nSPS) is 14.1. The Balaban J connectivity index is 1.19. The zero-order chi connectivity index (χ0) is 18.8. The zero-order valence-electron chi connectivity index (χ0n) is 15.1. The van der Waals surface area contributed by atoms with Crippen molar-refractivity contribution in [2.75, 3.05) is 29.9 Å². The van der Waals surface area contributed by atoms with Gasteiger partial charge in [-0.05, 0) is 36.4 Å². The minimum atomic E-state index is 0.531. The van der Waals surface area contributed by atoms with Crippen LogP contribution in [0.25, 0.3) is 22.3 Å². The number of anilines is 2. The molecule has 0 aliphatic carbocycles. The van der Waals surface area contributed by atoms with E-state index in [0.717, 1.165) is 47.9 Å². The van der Waals surface area contributed by atoms with Crippen LogP contribution in [0.3, 0.4) is 0 Å². The molecule has 0 bridgehead atoms. The monoisotopic (exact) mass is 370 g/mol. The first-order valence-corrected chi connectivity index (χ1v) is 9.15. The summed E-state index contributed by atoms with van der Waals surface area (Å²) in [5, 5.41) is 13.1. The Hall–Kier alpha value is -3.68. The molecule has 8 nitrogen and oxygen atoms in total. The fourth-order valence-corrected chi connectivity index (χ4v) is 3.33. The van der Waals surface area contributed by atoms with E-state index in [0.29, 0.717) is 11.6 Å². The van der Waals surface area contributed by atoms with Crippen molar-refractivity contribution in [3.8, 4) is 11.3 Å². The molecule has 1 aliphatic rings. The van der Waals surface area contributed by atoms with Crippen LogP contribution >= 0.6 is 0 Å². The van der Waals surface area contributed by atoms with E-state index in [1.807, 2.05) is 36.4 Å². The summed E-state index contributed by atoms with van der Waals surface area (Å²) in [6, 6.07) is 11.8. The summed E-state index contributed by atoms with van der Waals surface area (Å²) < 4.78 is 0. The van der Waals surface area contributed by atoms with E-state index < -0.39 is 0 Å². The molecule has 0 aromatic carbocycles. The average molecular weight is 370 g/mol. The van der Waals surface area contributed by atoms with Crippen molar-refractivity contribution in [2.24, 2.45) is 5.92 Å². The Morgan fingerprint density at radius 2 is 1.82 bits per heavy atom. The number of nitrogens with one attached hydrogen (secondary N) is 1. The molecule has 28 heavy (non-hydrogen) atoms. The average Bonchev–Trinajstić information content (AvgIpc) is 2.74. The van der Waals surface area contributed by atoms with E-state index in [4.69, 9.17) is 0 Å². The molecule has 1 fully saturated rings. The molecule has 138 valence electrons. The zero-order valence-corrected chi connectivity index (χ0v) is 15.1.